The summed E-state index contributed by atoms with van der Waals surface area (Å²) in [6.07, 6.45) is 3.98. The summed E-state index contributed by atoms with van der Waals surface area (Å²) < 4.78 is 3.64. The molecule has 32 heavy (non-hydrogen) atoms. The maximum absolute atomic E-state index is 9.22. The quantitative estimate of drug-likeness (QED) is 0.400. The topological polar surface area (TPSA) is 141 Å². The number of nitrogens with one attached hydrogen (secondary N) is 2. The highest BCUT2D eigenvalue weighted by Crippen LogP contribution is 2.30. The van der Waals surface area contributed by atoms with Gasteiger partial charge in [-0.15, -0.1) is 10.2 Å². The number of anilines is 2. The third-order valence-corrected chi connectivity index (χ3v) is 5.00. The zero-order valence-corrected chi connectivity index (χ0v) is 19.1. The van der Waals surface area contributed by atoms with Crippen LogP contribution in [-0.4, -0.2) is 53.6 Å². The summed E-state index contributed by atoms with van der Waals surface area (Å²) >= 11 is 0. The van der Waals surface area contributed by atoms with Gasteiger partial charge in [-0.25, -0.2) is 14.2 Å². The van der Waals surface area contributed by atoms with E-state index in [1.807, 2.05) is 42.9 Å². The second kappa shape index (κ2) is 10.0. The van der Waals surface area contributed by atoms with E-state index in [1.54, 1.807) is 4.68 Å². The second-order valence-corrected chi connectivity index (χ2v) is 7.27. The zero-order valence-electron chi connectivity index (χ0n) is 19.1. The van der Waals surface area contributed by atoms with Crippen LogP contribution in [0.15, 0.2) is 24.4 Å². The van der Waals surface area contributed by atoms with Crippen LogP contribution in [0.1, 0.15) is 40.5 Å². The molecular formula is C21H30N10O. The summed E-state index contributed by atoms with van der Waals surface area (Å²) in [6, 6.07) is 6.27. The number of carbonyl (C=O) groups excluding carboxylic acids is 1. The van der Waals surface area contributed by atoms with Gasteiger partial charge < -0.3 is 16.4 Å². The highest BCUT2D eigenvalue weighted by Gasteiger charge is 2.16. The molecule has 170 valence electrons. The molecule has 0 atom stereocenters. The lowest BCUT2D eigenvalue weighted by Crippen LogP contribution is -2.20. The van der Waals surface area contributed by atoms with E-state index in [0.29, 0.717) is 12.0 Å². The minimum absolute atomic E-state index is 0.333. The van der Waals surface area contributed by atoms with Gasteiger partial charge in [0.15, 0.2) is 11.5 Å². The van der Waals surface area contributed by atoms with E-state index in [4.69, 9.17) is 4.98 Å². The number of nitrogens with two attached hydrogens (primary N) is 1. The number of carbonyl (C=O) groups is 1. The molecule has 0 bridgehead atoms. The maximum atomic E-state index is 9.22. The lowest BCUT2D eigenvalue weighted by atomic mass is 10.1. The SMILES string of the molecule is CC(N)=O.CCC(CC)Nc1nc(NC)c2c(-c3ccc4nnn(CC)c4n3)ccn2n1. The van der Waals surface area contributed by atoms with Gasteiger partial charge >= 0.3 is 0 Å². The number of primary amides is 1. The van der Waals surface area contributed by atoms with Crippen LogP contribution in [0.5, 0.6) is 0 Å². The van der Waals surface area contributed by atoms with Crippen LogP contribution in [0.4, 0.5) is 11.8 Å². The van der Waals surface area contributed by atoms with Gasteiger partial charge in [0, 0.05) is 38.3 Å². The fourth-order valence-electron chi connectivity index (χ4n) is 3.36. The lowest BCUT2D eigenvalue weighted by Gasteiger charge is -2.16. The molecule has 0 fully saturated rings. The van der Waals surface area contributed by atoms with Crippen LogP contribution in [0.2, 0.25) is 0 Å². The van der Waals surface area contributed by atoms with Crippen LogP contribution in [0.25, 0.3) is 27.9 Å². The summed E-state index contributed by atoms with van der Waals surface area (Å²) in [4.78, 5) is 18.7. The minimum atomic E-state index is -0.333. The van der Waals surface area contributed by atoms with E-state index in [2.05, 4.69) is 50.6 Å². The Morgan fingerprint density at radius 3 is 2.50 bits per heavy atom. The highest BCUT2D eigenvalue weighted by atomic mass is 16.1. The first-order chi connectivity index (χ1) is 15.4. The molecule has 4 rings (SSSR count). The van der Waals surface area contributed by atoms with Crippen molar-refractivity contribution in [3.63, 3.8) is 0 Å². The highest BCUT2D eigenvalue weighted by molar-refractivity contribution is 5.89. The summed E-state index contributed by atoms with van der Waals surface area (Å²) in [5.41, 5.74) is 8.73. The smallest absolute Gasteiger partial charge is 0.243 e. The fourth-order valence-corrected chi connectivity index (χ4v) is 3.36. The monoisotopic (exact) mass is 438 g/mol. The number of hydrogen-bond acceptors (Lipinski definition) is 8. The number of pyridine rings is 1. The van der Waals surface area contributed by atoms with Crippen LogP contribution in [-0.2, 0) is 11.3 Å². The van der Waals surface area contributed by atoms with Gasteiger partial charge in [-0.05, 0) is 38.0 Å². The van der Waals surface area contributed by atoms with Gasteiger partial charge in [0.1, 0.15) is 11.0 Å². The molecule has 0 unspecified atom stereocenters. The standard InChI is InChI=1S/C19H25N9.C2H5NO/c1-5-12(6-2)21-19-23-17(20-4)16-13(10-11-28(16)25-19)14-8-9-15-18(22-14)27(7-3)26-24-15;1-2(3)4/h8-12H,5-7H2,1-4H3,(H2,20,21,23,25);1H3,(H2,3,4). The first kappa shape index (κ1) is 22.9. The Balaban J connectivity index is 0.000000668. The molecule has 0 spiro atoms. The van der Waals surface area contributed by atoms with Crippen LogP contribution < -0.4 is 16.4 Å². The molecule has 4 aromatic rings. The van der Waals surface area contributed by atoms with Crippen molar-refractivity contribution in [2.24, 2.45) is 5.73 Å². The van der Waals surface area contributed by atoms with Gasteiger partial charge in [-0.3, -0.25) is 4.79 Å². The largest absolute Gasteiger partial charge is 0.371 e. The number of aromatic nitrogens is 7. The molecule has 4 heterocycles. The normalized spacial score (nSPS) is 10.9. The van der Waals surface area contributed by atoms with Crippen molar-refractivity contribution < 1.29 is 4.79 Å². The van der Waals surface area contributed by atoms with Crippen molar-refractivity contribution in [3.8, 4) is 11.3 Å². The number of fused-ring (bicyclic) bond motifs is 2. The van der Waals surface area contributed by atoms with Crippen LogP contribution in [0, 0.1) is 0 Å². The molecule has 0 radical (unpaired) electrons. The number of amides is 1. The van der Waals surface area contributed by atoms with E-state index in [-0.39, 0.29) is 5.91 Å². The Bertz CT molecular complexity index is 1200. The molecular weight excluding hydrogens is 408 g/mol. The van der Waals surface area contributed by atoms with Crippen LogP contribution in [0.3, 0.4) is 0 Å². The Morgan fingerprint density at radius 2 is 1.88 bits per heavy atom. The van der Waals surface area contributed by atoms with Crippen molar-refractivity contribution >= 4 is 34.4 Å². The molecule has 0 saturated carbocycles. The van der Waals surface area contributed by atoms with Crippen molar-refractivity contribution in [2.75, 3.05) is 17.7 Å². The van der Waals surface area contributed by atoms with Crippen molar-refractivity contribution in [3.05, 3.63) is 24.4 Å². The van der Waals surface area contributed by atoms with E-state index >= 15 is 0 Å². The predicted molar refractivity (Wildman–Crippen MR) is 125 cm³/mol. The molecule has 4 N–H and O–H groups in total. The summed E-state index contributed by atoms with van der Waals surface area (Å²) in [6.45, 7) is 8.37. The average molecular weight is 439 g/mol. The van der Waals surface area contributed by atoms with Gasteiger partial charge in [0.25, 0.3) is 0 Å². The molecule has 4 aromatic heterocycles. The molecule has 0 aliphatic rings. The first-order valence-electron chi connectivity index (χ1n) is 10.7. The van der Waals surface area contributed by atoms with Crippen molar-refractivity contribution in [1.29, 1.82) is 0 Å². The Kier molecular flexibility index (Phi) is 7.18. The van der Waals surface area contributed by atoms with Gasteiger partial charge in [-0.1, -0.05) is 19.1 Å². The minimum Gasteiger partial charge on any atom is -0.371 e. The van der Waals surface area contributed by atoms with E-state index in [0.717, 1.165) is 53.1 Å². The zero-order chi connectivity index (χ0) is 23.3. The van der Waals surface area contributed by atoms with E-state index in [9.17, 15) is 4.79 Å². The number of hydrogen-bond donors (Lipinski definition) is 3. The summed E-state index contributed by atoms with van der Waals surface area (Å²) in [7, 11) is 1.87. The molecule has 0 saturated heterocycles. The fraction of sp³-hybridized carbons (Fsp3) is 0.429. The lowest BCUT2D eigenvalue weighted by molar-refractivity contribution is -0.115. The number of aryl methyl sites for hydroxylation is 1. The Hall–Kier alpha value is -3.76. The molecule has 0 aromatic carbocycles. The maximum Gasteiger partial charge on any atom is 0.243 e. The Morgan fingerprint density at radius 1 is 1.16 bits per heavy atom. The molecule has 0 aliphatic heterocycles. The average Bonchev–Trinajstić information content (AvgIpc) is 3.39. The van der Waals surface area contributed by atoms with Crippen molar-refractivity contribution in [1.82, 2.24) is 34.6 Å². The molecule has 1 amide bonds. The van der Waals surface area contributed by atoms with Gasteiger partial charge in [0.05, 0.1) is 5.69 Å². The third kappa shape index (κ3) is 4.76. The summed E-state index contributed by atoms with van der Waals surface area (Å²) in [5.74, 6) is 1.04. The van der Waals surface area contributed by atoms with Crippen molar-refractivity contribution in [2.45, 2.75) is 53.1 Å². The number of rotatable bonds is 7. The first-order valence-corrected chi connectivity index (χ1v) is 10.7. The molecule has 0 aliphatic carbocycles. The third-order valence-electron chi connectivity index (χ3n) is 5.00. The molecule has 11 heteroatoms. The van der Waals surface area contributed by atoms with Gasteiger partial charge in [-0.2, -0.15) is 4.98 Å². The van der Waals surface area contributed by atoms with E-state index in [1.165, 1.54) is 6.92 Å². The summed E-state index contributed by atoms with van der Waals surface area (Å²) in [5, 5.41) is 19.6. The predicted octanol–water partition coefficient (Wildman–Crippen LogP) is 2.69. The molecule has 11 nitrogen and oxygen atoms in total. The van der Waals surface area contributed by atoms with E-state index < -0.39 is 0 Å². The second-order valence-electron chi connectivity index (χ2n) is 7.27. The Labute approximate surface area is 186 Å². The number of nitrogens with zero attached hydrogens (tertiary/aromatic N) is 7. The van der Waals surface area contributed by atoms with Gasteiger partial charge in [0.2, 0.25) is 11.9 Å². The van der Waals surface area contributed by atoms with Crippen LogP contribution >= 0.6 is 0 Å².